The van der Waals surface area contributed by atoms with Crippen molar-refractivity contribution in [2.75, 3.05) is 0 Å². The number of thiazole rings is 1. The second kappa shape index (κ2) is 5.59. The molecule has 26 heavy (non-hydrogen) atoms. The number of nitrogens with one attached hydrogen (secondary N) is 2. The maximum absolute atomic E-state index is 12.9. The third-order valence-corrected chi connectivity index (χ3v) is 5.31. The number of aromatic amines is 2. The van der Waals surface area contributed by atoms with E-state index in [1.165, 1.54) is 11.0 Å². The Morgan fingerprint density at radius 3 is 2.96 bits per heavy atom. The van der Waals surface area contributed by atoms with Gasteiger partial charge in [0.25, 0.3) is 5.56 Å². The van der Waals surface area contributed by atoms with Crippen molar-refractivity contribution in [1.82, 2.24) is 44.7 Å². The summed E-state index contributed by atoms with van der Waals surface area (Å²) in [5.74, 6) is 0.579. The Labute approximate surface area is 149 Å². The maximum Gasteiger partial charge on any atom is 0.291 e. The lowest BCUT2D eigenvalue weighted by Gasteiger charge is -2.03. The van der Waals surface area contributed by atoms with Gasteiger partial charge < -0.3 is 4.57 Å². The fourth-order valence-electron chi connectivity index (χ4n) is 3.02. The summed E-state index contributed by atoms with van der Waals surface area (Å²) in [5.41, 5.74) is 2.19. The quantitative estimate of drug-likeness (QED) is 0.485. The number of hydrogen-bond acceptors (Lipinski definition) is 7. The summed E-state index contributed by atoms with van der Waals surface area (Å²) in [7, 11) is 1.85. The van der Waals surface area contributed by atoms with Crippen molar-refractivity contribution in [3.63, 3.8) is 0 Å². The van der Waals surface area contributed by atoms with Gasteiger partial charge in [0.05, 0.1) is 10.9 Å². The van der Waals surface area contributed by atoms with Crippen molar-refractivity contribution in [3.05, 3.63) is 51.7 Å². The van der Waals surface area contributed by atoms with Crippen molar-refractivity contribution < 1.29 is 0 Å². The molecular weight excluding hydrogens is 354 g/mol. The molecular formula is C15H13N9OS. The first-order valence-corrected chi connectivity index (χ1v) is 8.69. The number of aryl methyl sites for hydroxylation is 1. The zero-order valence-electron chi connectivity index (χ0n) is 13.7. The van der Waals surface area contributed by atoms with E-state index >= 15 is 0 Å². The standard InChI is InChI=1S/C15H13N9OS/c1-23-12-9(5-19-24(15(12)25)6-10-16-7-18-22-10)13-14(23)20-11(26-13)4-8-2-3-17-21-8/h2-3,5,7H,4,6H2,1H3,(H,17,21)(H,16,18,22). The number of aromatic nitrogens is 9. The van der Waals surface area contributed by atoms with Gasteiger partial charge in [0.2, 0.25) is 0 Å². The molecule has 0 aliphatic carbocycles. The van der Waals surface area contributed by atoms with Crippen LogP contribution in [0.2, 0.25) is 0 Å². The number of rotatable bonds is 4. The molecule has 2 N–H and O–H groups in total. The third-order valence-electron chi connectivity index (χ3n) is 4.23. The highest BCUT2D eigenvalue weighted by Gasteiger charge is 2.18. The molecule has 5 heterocycles. The summed E-state index contributed by atoms with van der Waals surface area (Å²) >= 11 is 1.57. The minimum absolute atomic E-state index is 0.179. The molecule has 0 saturated heterocycles. The van der Waals surface area contributed by atoms with Crippen molar-refractivity contribution in [2.24, 2.45) is 7.05 Å². The minimum Gasteiger partial charge on any atom is -0.323 e. The van der Waals surface area contributed by atoms with Gasteiger partial charge in [-0.05, 0) is 6.07 Å². The van der Waals surface area contributed by atoms with Crippen LogP contribution in [0.25, 0.3) is 21.3 Å². The van der Waals surface area contributed by atoms with E-state index in [1.807, 2.05) is 17.7 Å². The minimum atomic E-state index is -0.179. The molecule has 0 saturated carbocycles. The van der Waals surface area contributed by atoms with Crippen LogP contribution in [0.4, 0.5) is 0 Å². The largest absolute Gasteiger partial charge is 0.323 e. The fraction of sp³-hybridized carbons (Fsp3) is 0.200. The first kappa shape index (κ1) is 15.0. The average molecular weight is 367 g/mol. The molecule has 11 heteroatoms. The van der Waals surface area contributed by atoms with E-state index in [-0.39, 0.29) is 12.1 Å². The Morgan fingerprint density at radius 2 is 2.19 bits per heavy atom. The normalized spacial score (nSPS) is 11.7. The first-order valence-electron chi connectivity index (χ1n) is 7.87. The average Bonchev–Trinajstić information content (AvgIpc) is 3.39. The van der Waals surface area contributed by atoms with Gasteiger partial charge in [-0.3, -0.25) is 15.0 Å². The number of hydrogen-bond donors (Lipinski definition) is 2. The SMILES string of the molecule is Cn1c2nc(Cc3ccn[nH]3)sc2c2cnn(Cc3ncn[nH]3)c(=O)c21. The smallest absolute Gasteiger partial charge is 0.291 e. The van der Waals surface area contributed by atoms with Gasteiger partial charge in [-0.25, -0.2) is 14.6 Å². The summed E-state index contributed by atoms with van der Waals surface area (Å²) in [6, 6.07) is 1.92. The van der Waals surface area contributed by atoms with Crippen LogP contribution in [-0.4, -0.2) is 44.7 Å². The molecule has 0 aliphatic heterocycles. The first-order chi connectivity index (χ1) is 12.7. The maximum atomic E-state index is 12.9. The number of H-pyrrole nitrogens is 2. The lowest BCUT2D eigenvalue weighted by Crippen LogP contribution is -2.25. The van der Waals surface area contributed by atoms with Crippen LogP contribution in [0.5, 0.6) is 0 Å². The topological polar surface area (TPSA) is 123 Å². The molecule has 0 fully saturated rings. The predicted octanol–water partition coefficient (Wildman–Crippen LogP) is 0.825. The Kier molecular flexibility index (Phi) is 3.22. The van der Waals surface area contributed by atoms with Crippen LogP contribution in [0.3, 0.4) is 0 Å². The van der Waals surface area contributed by atoms with Crippen molar-refractivity contribution in [2.45, 2.75) is 13.0 Å². The van der Waals surface area contributed by atoms with Gasteiger partial charge in [-0.15, -0.1) is 11.3 Å². The van der Waals surface area contributed by atoms with Gasteiger partial charge in [0.15, 0.2) is 5.65 Å². The van der Waals surface area contributed by atoms with Gasteiger partial charge in [0, 0.05) is 30.7 Å². The molecule has 0 unspecified atom stereocenters. The van der Waals surface area contributed by atoms with E-state index in [0.29, 0.717) is 17.8 Å². The molecule has 0 radical (unpaired) electrons. The van der Waals surface area contributed by atoms with E-state index < -0.39 is 0 Å². The zero-order valence-corrected chi connectivity index (χ0v) is 14.5. The monoisotopic (exact) mass is 367 g/mol. The van der Waals surface area contributed by atoms with Gasteiger partial charge >= 0.3 is 0 Å². The second-order valence-corrected chi connectivity index (χ2v) is 6.96. The van der Waals surface area contributed by atoms with Crippen LogP contribution < -0.4 is 5.56 Å². The number of fused-ring (bicyclic) bond motifs is 3. The van der Waals surface area contributed by atoms with E-state index in [1.54, 1.807) is 23.7 Å². The molecule has 130 valence electrons. The Hall–Kier alpha value is -3.34. The highest BCUT2D eigenvalue weighted by molar-refractivity contribution is 7.19. The van der Waals surface area contributed by atoms with Gasteiger partial charge in [-0.2, -0.15) is 15.3 Å². The molecule has 0 aliphatic rings. The second-order valence-electron chi connectivity index (χ2n) is 5.88. The van der Waals surface area contributed by atoms with Crippen LogP contribution >= 0.6 is 11.3 Å². The van der Waals surface area contributed by atoms with E-state index in [4.69, 9.17) is 4.98 Å². The molecule has 5 aromatic rings. The fourth-order valence-corrected chi connectivity index (χ4v) is 4.14. The van der Waals surface area contributed by atoms with Crippen molar-refractivity contribution in [1.29, 1.82) is 0 Å². The Morgan fingerprint density at radius 1 is 1.27 bits per heavy atom. The van der Waals surface area contributed by atoms with Crippen LogP contribution in [-0.2, 0) is 20.0 Å². The molecule has 0 atom stereocenters. The van der Waals surface area contributed by atoms with Gasteiger partial charge in [-0.1, -0.05) is 0 Å². The van der Waals surface area contributed by atoms with E-state index in [0.717, 1.165) is 26.4 Å². The molecule has 0 aromatic carbocycles. The summed E-state index contributed by atoms with van der Waals surface area (Å²) in [6.45, 7) is 0.242. The third kappa shape index (κ3) is 2.24. The molecule has 5 rings (SSSR count). The summed E-state index contributed by atoms with van der Waals surface area (Å²) < 4.78 is 4.17. The number of nitrogens with zero attached hydrogens (tertiary/aromatic N) is 7. The van der Waals surface area contributed by atoms with Crippen LogP contribution in [0.1, 0.15) is 16.5 Å². The highest BCUT2D eigenvalue weighted by atomic mass is 32.1. The summed E-state index contributed by atoms with van der Waals surface area (Å²) in [4.78, 5) is 21.6. The molecule has 0 bridgehead atoms. The van der Waals surface area contributed by atoms with Crippen LogP contribution in [0, 0.1) is 0 Å². The Balaban J connectivity index is 1.62. The van der Waals surface area contributed by atoms with Crippen LogP contribution in [0.15, 0.2) is 29.6 Å². The molecule has 5 aromatic heterocycles. The van der Waals surface area contributed by atoms with E-state index in [9.17, 15) is 4.79 Å². The summed E-state index contributed by atoms with van der Waals surface area (Å²) in [5, 5.41) is 19.5. The molecule has 10 nitrogen and oxygen atoms in total. The summed E-state index contributed by atoms with van der Waals surface area (Å²) in [6.07, 6.45) is 5.52. The zero-order chi connectivity index (χ0) is 17.7. The lowest BCUT2D eigenvalue weighted by atomic mass is 10.3. The Bertz CT molecular complexity index is 1260. The van der Waals surface area contributed by atoms with E-state index in [2.05, 4.69) is 30.5 Å². The highest BCUT2D eigenvalue weighted by Crippen LogP contribution is 2.31. The van der Waals surface area contributed by atoms with Crippen molar-refractivity contribution in [3.8, 4) is 0 Å². The van der Waals surface area contributed by atoms with Crippen molar-refractivity contribution >= 4 is 32.6 Å². The lowest BCUT2D eigenvalue weighted by molar-refractivity contribution is 0.620. The molecule has 0 amide bonds. The van der Waals surface area contributed by atoms with Gasteiger partial charge in [0.1, 0.15) is 29.2 Å². The molecule has 0 spiro atoms. The predicted molar refractivity (Wildman–Crippen MR) is 95.0 cm³/mol.